The first-order valence-corrected chi connectivity index (χ1v) is 5.53. The highest BCUT2D eigenvalue weighted by Gasteiger charge is 1.98. The van der Waals surface area contributed by atoms with E-state index in [1.165, 1.54) is 12.5 Å². The lowest BCUT2D eigenvalue weighted by molar-refractivity contribution is -0.142. The standard InChI is InChI=1S/C15H14O2/c1-12(16)17-11-13-7-9-15(10-8-13)14-5-3-2-4-6-14/h2-10H,11H2,1H3. The molecule has 0 unspecified atom stereocenters. The zero-order valence-electron chi connectivity index (χ0n) is 9.72. The first kappa shape index (κ1) is 11.4. The molecule has 0 aliphatic heterocycles. The molecule has 0 spiro atoms. The second-order valence-electron chi connectivity index (χ2n) is 3.84. The van der Waals surface area contributed by atoms with E-state index in [2.05, 4.69) is 12.1 Å². The molecule has 2 heteroatoms. The van der Waals surface area contributed by atoms with Crippen molar-refractivity contribution in [3.05, 3.63) is 60.2 Å². The Kier molecular flexibility index (Phi) is 3.55. The van der Waals surface area contributed by atoms with E-state index >= 15 is 0 Å². The van der Waals surface area contributed by atoms with E-state index in [1.54, 1.807) is 0 Å². The Balaban J connectivity index is 2.11. The summed E-state index contributed by atoms with van der Waals surface area (Å²) in [4.78, 5) is 10.7. The molecular weight excluding hydrogens is 212 g/mol. The molecule has 0 aromatic heterocycles. The Labute approximate surface area is 101 Å². The van der Waals surface area contributed by atoms with Gasteiger partial charge >= 0.3 is 5.97 Å². The number of hydrogen-bond donors (Lipinski definition) is 0. The van der Waals surface area contributed by atoms with Crippen LogP contribution in [0.2, 0.25) is 0 Å². The van der Waals surface area contributed by atoms with Gasteiger partial charge in [-0.15, -0.1) is 0 Å². The minimum absolute atomic E-state index is 0.253. The summed E-state index contributed by atoms with van der Waals surface area (Å²) in [5.74, 6) is -0.253. The lowest BCUT2D eigenvalue weighted by atomic mass is 10.0. The maximum Gasteiger partial charge on any atom is 0.302 e. The lowest BCUT2D eigenvalue weighted by Gasteiger charge is -2.04. The zero-order chi connectivity index (χ0) is 12.1. The van der Waals surface area contributed by atoms with Gasteiger partial charge in [0, 0.05) is 6.92 Å². The average Bonchev–Trinajstić information content (AvgIpc) is 2.38. The molecule has 0 atom stereocenters. The third-order valence-corrected chi connectivity index (χ3v) is 2.50. The summed E-state index contributed by atoms with van der Waals surface area (Å²) >= 11 is 0. The Morgan fingerprint density at radius 1 is 0.941 bits per heavy atom. The Morgan fingerprint density at radius 2 is 1.53 bits per heavy atom. The number of benzene rings is 2. The number of ether oxygens (including phenoxy) is 1. The largest absolute Gasteiger partial charge is 0.461 e. The van der Waals surface area contributed by atoms with Gasteiger partial charge in [-0.3, -0.25) is 4.79 Å². The Bertz CT molecular complexity index is 486. The van der Waals surface area contributed by atoms with Crippen LogP contribution in [0.1, 0.15) is 12.5 Å². The van der Waals surface area contributed by atoms with Gasteiger partial charge < -0.3 is 4.74 Å². The van der Waals surface area contributed by atoms with Crippen molar-refractivity contribution in [1.29, 1.82) is 0 Å². The van der Waals surface area contributed by atoms with Crippen molar-refractivity contribution < 1.29 is 9.53 Å². The highest BCUT2D eigenvalue weighted by Crippen LogP contribution is 2.19. The second kappa shape index (κ2) is 5.30. The number of esters is 1. The molecule has 2 aromatic carbocycles. The van der Waals surface area contributed by atoms with Gasteiger partial charge in [0.05, 0.1) is 0 Å². The van der Waals surface area contributed by atoms with Crippen LogP contribution < -0.4 is 0 Å². The topological polar surface area (TPSA) is 26.3 Å². The smallest absolute Gasteiger partial charge is 0.302 e. The van der Waals surface area contributed by atoms with E-state index < -0.39 is 0 Å². The lowest BCUT2D eigenvalue weighted by Crippen LogP contribution is -1.98. The molecule has 0 radical (unpaired) electrons. The quantitative estimate of drug-likeness (QED) is 0.749. The van der Waals surface area contributed by atoms with Gasteiger partial charge in [-0.25, -0.2) is 0 Å². The van der Waals surface area contributed by atoms with Crippen LogP contribution in [0.4, 0.5) is 0 Å². The van der Waals surface area contributed by atoms with Crippen molar-refractivity contribution in [2.75, 3.05) is 0 Å². The maximum atomic E-state index is 10.7. The summed E-state index contributed by atoms with van der Waals surface area (Å²) in [7, 11) is 0. The van der Waals surface area contributed by atoms with E-state index in [0.717, 1.165) is 11.1 Å². The van der Waals surface area contributed by atoms with Crippen molar-refractivity contribution in [3.8, 4) is 11.1 Å². The molecule has 0 bridgehead atoms. The maximum absolute atomic E-state index is 10.7. The van der Waals surface area contributed by atoms with Crippen LogP contribution in [0.25, 0.3) is 11.1 Å². The van der Waals surface area contributed by atoms with Gasteiger partial charge in [0.1, 0.15) is 6.61 Å². The van der Waals surface area contributed by atoms with Gasteiger partial charge in [0.15, 0.2) is 0 Å². The van der Waals surface area contributed by atoms with Gasteiger partial charge in [0.25, 0.3) is 0 Å². The summed E-state index contributed by atoms with van der Waals surface area (Å²) in [6.07, 6.45) is 0. The molecule has 2 rings (SSSR count). The van der Waals surface area contributed by atoms with E-state index in [-0.39, 0.29) is 5.97 Å². The highest BCUT2D eigenvalue weighted by molar-refractivity contribution is 5.66. The third-order valence-electron chi connectivity index (χ3n) is 2.50. The summed E-state index contributed by atoms with van der Waals surface area (Å²) < 4.78 is 4.93. The number of carbonyl (C=O) groups excluding carboxylic acids is 1. The van der Waals surface area contributed by atoms with Gasteiger partial charge in [-0.05, 0) is 16.7 Å². The number of carbonyl (C=O) groups is 1. The average molecular weight is 226 g/mol. The van der Waals surface area contributed by atoms with E-state index in [0.29, 0.717) is 6.61 Å². The van der Waals surface area contributed by atoms with Crippen LogP contribution >= 0.6 is 0 Å². The molecule has 2 nitrogen and oxygen atoms in total. The molecular formula is C15H14O2. The van der Waals surface area contributed by atoms with Crippen molar-refractivity contribution in [2.24, 2.45) is 0 Å². The fourth-order valence-electron chi connectivity index (χ4n) is 1.61. The van der Waals surface area contributed by atoms with E-state index in [1.807, 2.05) is 42.5 Å². The number of rotatable bonds is 3. The molecule has 2 aromatic rings. The fourth-order valence-corrected chi connectivity index (χ4v) is 1.61. The second-order valence-corrected chi connectivity index (χ2v) is 3.84. The SMILES string of the molecule is CC(=O)OCc1ccc(-c2ccccc2)cc1. The first-order valence-electron chi connectivity index (χ1n) is 5.53. The summed E-state index contributed by atoms with van der Waals surface area (Å²) in [5, 5.41) is 0. The van der Waals surface area contributed by atoms with Crippen LogP contribution in [-0.4, -0.2) is 5.97 Å². The van der Waals surface area contributed by atoms with Crippen LogP contribution in [-0.2, 0) is 16.1 Å². The Morgan fingerprint density at radius 3 is 2.12 bits per heavy atom. The van der Waals surface area contributed by atoms with Crippen LogP contribution in [0.5, 0.6) is 0 Å². The molecule has 0 heterocycles. The molecule has 0 aliphatic rings. The summed E-state index contributed by atoms with van der Waals surface area (Å²) in [5.41, 5.74) is 3.35. The normalized spacial score (nSPS) is 9.94. The van der Waals surface area contributed by atoms with Crippen molar-refractivity contribution in [1.82, 2.24) is 0 Å². The fraction of sp³-hybridized carbons (Fsp3) is 0.133. The van der Waals surface area contributed by atoms with E-state index in [4.69, 9.17) is 4.74 Å². The molecule has 0 saturated carbocycles. The monoisotopic (exact) mass is 226 g/mol. The Hall–Kier alpha value is -2.09. The van der Waals surface area contributed by atoms with E-state index in [9.17, 15) is 4.79 Å². The minimum atomic E-state index is -0.253. The van der Waals surface area contributed by atoms with Gasteiger partial charge in [0.2, 0.25) is 0 Å². The minimum Gasteiger partial charge on any atom is -0.461 e. The van der Waals surface area contributed by atoms with Gasteiger partial charge in [-0.1, -0.05) is 54.6 Å². The van der Waals surface area contributed by atoms with Crippen LogP contribution in [0.3, 0.4) is 0 Å². The first-order chi connectivity index (χ1) is 8.25. The number of hydrogen-bond acceptors (Lipinski definition) is 2. The summed E-state index contributed by atoms with van der Waals surface area (Å²) in [6, 6.07) is 18.2. The van der Waals surface area contributed by atoms with Crippen molar-refractivity contribution in [3.63, 3.8) is 0 Å². The summed E-state index contributed by atoms with van der Waals surface area (Å²) in [6.45, 7) is 1.75. The van der Waals surface area contributed by atoms with Crippen LogP contribution in [0.15, 0.2) is 54.6 Å². The molecule has 0 fully saturated rings. The molecule has 0 saturated heterocycles. The van der Waals surface area contributed by atoms with Crippen molar-refractivity contribution in [2.45, 2.75) is 13.5 Å². The molecule has 0 aliphatic carbocycles. The predicted octanol–water partition coefficient (Wildman–Crippen LogP) is 3.42. The molecule has 17 heavy (non-hydrogen) atoms. The van der Waals surface area contributed by atoms with Gasteiger partial charge in [-0.2, -0.15) is 0 Å². The van der Waals surface area contributed by atoms with Crippen molar-refractivity contribution >= 4 is 5.97 Å². The van der Waals surface area contributed by atoms with Crippen LogP contribution in [0, 0.1) is 0 Å². The molecule has 0 N–H and O–H groups in total. The predicted molar refractivity (Wildman–Crippen MR) is 67.3 cm³/mol. The molecule has 0 amide bonds. The molecule has 86 valence electrons. The highest BCUT2D eigenvalue weighted by atomic mass is 16.5. The zero-order valence-corrected chi connectivity index (χ0v) is 9.72. The third kappa shape index (κ3) is 3.18.